The minimum Gasteiger partial charge on any atom is -0.211 e. The van der Waals surface area contributed by atoms with Crippen LogP contribution in [0, 0.1) is 0 Å². The van der Waals surface area contributed by atoms with Gasteiger partial charge in [0, 0.05) is 0 Å². The molecule has 0 rings (SSSR count). The Morgan fingerprint density at radius 1 is 1.22 bits per heavy atom. The van der Waals surface area contributed by atoms with Crippen molar-refractivity contribution in [1.82, 2.24) is 0 Å². The first-order valence-corrected chi connectivity index (χ1v) is 2.53. The van der Waals surface area contributed by atoms with Crippen LogP contribution in [0.15, 0.2) is 0 Å². The van der Waals surface area contributed by atoms with Gasteiger partial charge in [-0.2, -0.15) is 8.78 Å². The van der Waals surface area contributed by atoms with Crippen molar-refractivity contribution in [3.8, 4) is 0 Å². The molecule has 58 valence electrons. The summed E-state index contributed by atoms with van der Waals surface area (Å²) in [7, 11) is 0. The molecule has 0 atom stereocenters. The zero-order chi connectivity index (χ0) is 8.08. The maximum Gasteiger partial charge on any atom is 0.401 e. The van der Waals surface area contributed by atoms with E-state index in [1.165, 1.54) is 0 Å². The largest absolute Gasteiger partial charge is 0.401 e. The number of alkyl halides is 6. The summed E-state index contributed by atoms with van der Waals surface area (Å²) in [6.07, 6.45) is -2.17. The Bertz CT molecular complexity index is 50.6. The molecule has 0 amide bonds. The predicted molar refractivity (Wildman–Crippen MR) is 28.3 cm³/mol. The van der Waals surface area contributed by atoms with Gasteiger partial charge in [-0.15, -0.1) is 0 Å². The molecular formula is C3H4Cl2F4. The van der Waals surface area contributed by atoms with Crippen LogP contribution in [-0.4, -0.2) is 11.3 Å². The molecule has 0 radical (unpaired) electrons. The SMILES string of the molecule is CC(F)F.FC(F)(Cl)Cl. The Kier molecular flexibility index (Phi) is 6.83. The zero-order valence-corrected chi connectivity index (χ0v) is 5.86. The molecule has 0 spiro atoms. The highest BCUT2D eigenvalue weighted by Crippen LogP contribution is 2.22. The van der Waals surface area contributed by atoms with E-state index >= 15 is 0 Å². The summed E-state index contributed by atoms with van der Waals surface area (Å²) in [6.45, 7) is 0.833. The average molecular weight is 187 g/mol. The van der Waals surface area contributed by atoms with Crippen molar-refractivity contribution in [2.45, 2.75) is 18.2 Å². The molecule has 0 heterocycles. The van der Waals surface area contributed by atoms with Crippen LogP contribution in [-0.2, 0) is 0 Å². The van der Waals surface area contributed by atoms with E-state index < -0.39 is 11.3 Å². The van der Waals surface area contributed by atoms with Crippen LogP contribution in [0.3, 0.4) is 0 Å². The normalized spacial score (nSPS) is 10.7. The molecule has 6 heteroatoms. The minimum absolute atomic E-state index is 0.833. The predicted octanol–water partition coefficient (Wildman–Crippen LogP) is 3.29. The van der Waals surface area contributed by atoms with Gasteiger partial charge < -0.3 is 0 Å². The molecule has 0 aromatic carbocycles. The molecule has 0 bridgehead atoms. The number of hydrogen-bond acceptors (Lipinski definition) is 0. The first-order chi connectivity index (χ1) is 3.73. The van der Waals surface area contributed by atoms with Crippen molar-refractivity contribution < 1.29 is 17.6 Å². The van der Waals surface area contributed by atoms with E-state index in [2.05, 4.69) is 23.2 Å². The Hall–Kier alpha value is 0.300. The van der Waals surface area contributed by atoms with E-state index in [0.717, 1.165) is 6.92 Å². The van der Waals surface area contributed by atoms with Crippen LogP contribution in [0.4, 0.5) is 17.6 Å². The highest BCUT2D eigenvalue weighted by atomic mass is 35.5. The topological polar surface area (TPSA) is 0 Å². The number of hydrogen-bond donors (Lipinski definition) is 0. The lowest BCUT2D eigenvalue weighted by Gasteiger charge is -1.87. The number of rotatable bonds is 0. The Morgan fingerprint density at radius 3 is 1.22 bits per heavy atom. The van der Waals surface area contributed by atoms with Crippen molar-refractivity contribution in [2.75, 3.05) is 0 Å². The molecule has 0 saturated carbocycles. The Labute approximate surface area is 59.7 Å². The molecule has 0 aromatic rings. The van der Waals surface area contributed by atoms with Crippen LogP contribution < -0.4 is 0 Å². The molecule has 0 aliphatic heterocycles. The second-order valence-corrected chi connectivity index (χ2v) is 2.09. The highest BCUT2D eigenvalue weighted by Gasteiger charge is 2.17. The van der Waals surface area contributed by atoms with Gasteiger partial charge in [-0.25, -0.2) is 8.78 Å². The summed E-state index contributed by atoms with van der Waals surface area (Å²) in [5.41, 5.74) is 0. The van der Waals surface area contributed by atoms with Gasteiger partial charge in [0.1, 0.15) is 0 Å². The fraction of sp³-hybridized carbons (Fsp3) is 1.00. The fourth-order valence-electron chi connectivity index (χ4n) is 0. The minimum atomic E-state index is -3.56. The molecule has 0 fully saturated rings. The molecule has 0 aromatic heterocycles. The molecule has 0 N–H and O–H groups in total. The van der Waals surface area contributed by atoms with Gasteiger partial charge >= 0.3 is 4.84 Å². The van der Waals surface area contributed by atoms with Crippen molar-refractivity contribution >= 4 is 23.2 Å². The third-order valence-corrected chi connectivity index (χ3v) is 0. The summed E-state index contributed by atoms with van der Waals surface area (Å²) in [4.78, 5) is -3.56. The maximum atomic E-state index is 10.6. The second kappa shape index (κ2) is 5.11. The molecule has 0 unspecified atom stereocenters. The third-order valence-electron chi connectivity index (χ3n) is 0. The van der Waals surface area contributed by atoms with Crippen LogP contribution in [0.2, 0.25) is 0 Å². The van der Waals surface area contributed by atoms with Gasteiger partial charge in [0.2, 0.25) is 6.43 Å². The summed E-state index contributed by atoms with van der Waals surface area (Å²) in [5, 5.41) is 0. The van der Waals surface area contributed by atoms with E-state index in [1.807, 2.05) is 0 Å². The molecule has 0 nitrogen and oxygen atoms in total. The smallest absolute Gasteiger partial charge is 0.211 e. The lowest BCUT2D eigenvalue weighted by atomic mass is 10.9. The monoisotopic (exact) mass is 186 g/mol. The molecular weight excluding hydrogens is 183 g/mol. The molecule has 0 saturated heterocycles. The van der Waals surface area contributed by atoms with Crippen molar-refractivity contribution in [2.24, 2.45) is 0 Å². The lowest BCUT2D eigenvalue weighted by Crippen LogP contribution is -1.86. The Balaban J connectivity index is 0. The van der Waals surface area contributed by atoms with Gasteiger partial charge in [-0.3, -0.25) is 0 Å². The third kappa shape index (κ3) is 3660. The lowest BCUT2D eigenvalue weighted by molar-refractivity contribution is 0.171. The van der Waals surface area contributed by atoms with Crippen LogP contribution in [0.5, 0.6) is 0 Å². The quantitative estimate of drug-likeness (QED) is 0.403. The van der Waals surface area contributed by atoms with Gasteiger partial charge in [0.15, 0.2) is 0 Å². The van der Waals surface area contributed by atoms with Gasteiger partial charge in [-0.05, 0) is 30.1 Å². The summed E-state index contributed by atoms with van der Waals surface area (Å²) >= 11 is 7.92. The molecule has 0 aliphatic carbocycles. The van der Waals surface area contributed by atoms with Crippen molar-refractivity contribution in [3.05, 3.63) is 0 Å². The Morgan fingerprint density at radius 2 is 1.22 bits per heavy atom. The van der Waals surface area contributed by atoms with Crippen molar-refractivity contribution in [1.29, 1.82) is 0 Å². The summed E-state index contributed by atoms with van der Waals surface area (Å²) in [5.74, 6) is 0. The molecule has 0 aliphatic rings. The average Bonchev–Trinajstić information content (AvgIpc) is 1.19. The first-order valence-electron chi connectivity index (χ1n) is 1.77. The van der Waals surface area contributed by atoms with E-state index in [9.17, 15) is 17.6 Å². The zero-order valence-electron chi connectivity index (χ0n) is 4.35. The summed E-state index contributed by atoms with van der Waals surface area (Å²) in [6, 6.07) is 0. The van der Waals surface area contributed by atoms with Crippen molar-refractivity contribution in [3.63, 3.8) is 0 Å². The standard InChI is InChI=1S/C2H4F2.CCl2F2/c1-2(3)4;2-1(3,4)5/h2H,1H3;. The highest BCUT2D eigenvalue weighted by molar-refractivity contribution is 6.45. The molecule has 9 heavy (non-hydrogen) atoms. The van der Waals surface area contributed by atoms with Gasteiger partial charge in [-0.1, -0.05) is 0 Å². The van der Waals surface area contributed by atoms with E-state index in [0.29, 0.717) is 0 Å². The number of halogens is 6. The van der Waals surface area contributed by atoms with Crippen LogP contribution >= 0.6 is 23.2 Å². The van der Waals surface area contributed by atoms with Gasteiger partial charge in [0.05, 0.1) is 0 Å². The fourth-order valence-corrected chi connectivity index (χ4v) is 0. The van der Waals surface area contributed by atoms with Gasteiger partial charge in [0.25, 0.3) is 0 Å². The van der Waals surface area contributed by atoms with Crippen LogP contribution in [0.1, 0.15) is 6.92 Å². The second-order valence-electron chi connectivity index (χ2n) is 0.947. The summed E-state index contributed by atoms with van der Waals surface area (Å²) < 4.78 is 41.8. The van der Waals surface area contributed by atoms with E-state index in [-0.39, 0.29) is 0 Å². The van der Waals surface area contributed by atoms with E-state index in [4.69, 9.17) is 0 Å². The van der Waals surface area contributed by atoms with Crippen LogP contribution in [0.25, 0.3) is 0 Å². The maximum absolute atomic E-state index is 10.6. The first kappa shape index (κ1) is 12.0. The van der Waals surface area contributed by atoms with E-state index in [1.54, 1.807) is 0 Å².